The number of nitrogens with zero attached hydrogens (tertiary/aromatic N) is 2. The number of carbonyl (C=O) groups is 1. The highest BCUT2D eigenvalue weighted by atomic mass is 16.1. The number of nitrogens with one attached hydrogen (secondary N) is 2. The second kappa shape index (κ2) is 8.56. The van der Waals surface area contributed by atoms with Crippen LogP contribution >= 0.6 is 0 Å². The zero-order valence-electron chi connectivity index (χ0n) is 16.2. The van der Waals surface area contributed by atoms with Gasteiger partial charge in [0.1, 0.15) is 0 Å². The Kier molecular flexibility index (Phi) is 6.17. The Balaban J connectivity index is 1.82. The molecule has 5 nitrogen and oxygen atoms in total. The summed E-state index contributed by atoms with van der Waals surface area (Å²) >= 11 is 0. The molecule has 0 spiro atoms. The Bertz CT molecular complexity index is 648. The lowest BCUT2D eigenvalue weighted by Gasteiger charge is -2.37. The van der Waals surface area contributed by atoms with Crippen molar-refractivity contribution >= 4 is 29.7 Å². The predicted octanol–water partition coefficient (Wildman–Crippen LogP) is 4.36. The number of benzene rings is 1. The van der Waals surface area contributed by atoms with Crippen LogP contribution in [0.2, 0.25) is 0 Å². The summed E-state index contributed by atoms with van der Waals surface area (Å²) in [6.45, 7) is 4.43. The van der Waals surface area contributed by atoms with Crippen molar-refractivity contribution in [2.24, 2.45) is 10.9 Å². The summed E-state index contributed by atoms with van der Waals surface area (Å²) in [5.41, 5.74) is 3.32. The van der Waals surface area contributed by atoms with Gasteiger partial charge in [-0.25, -0.2) is 0 Å². The Morgan fingerprint density at radius 3 is 2.50 bits per heavy atom. The monoisotopic (exact) mass is 356 g/mol. The third kappa shape index (κ3) is 4.02. The fraction of sp³-hybridized carbons (Fsp3) is 0.619. The van der Waals surface area contributed by atoms with E-state index in [2.05, 4.69) is 34.3 Å². The van der Waals surface area contributed by atoms with Gasteiger partial charge >= 0.3 is 0 Å². The molecule has 0 heterocycles. The summed E-state index contributed by atoms with van der Waals surface area (Å²) in [6, 6.07) is 4.43. The highest BCUT2D eigenvalue weighted by molar-refractivity contribution is 6.02. The molecule has 2 N–H and O–H groups in total. The topological polar surface area (TPSA) is 56.7 Å². The first-order valence-electron chi connectivity index (χ1n) is 9.97. The zero-order valence-corrected chi connectivity index (χ0v) is 16.2. The molecular formula is C21H32N4O. The number of amides is 1. The minimum atomic E-state index is 0.00398. The van der Waals surface area contributed by atoms with Gasteiger partial charge in [0.05, 0.1) is 22.6 Å². The molecule has 1 aromatic rings. The van der Waals surface area contributed by atoms with Crippen LogP contribution in [0.5, 0.6) is 0 Å². The summed E-state index contributed by atoms with van der Waals surface area (Å²) in [7, 11) is 3.97. The molecule has 0 aromatic heterocycles. The molecule has 0 atom stereocenters. The van der Waals surface area contributed by atoms with E-state index < -0.39 is 0 Å². The van der Waals surface area contributed by atoms with Gasteiger partial charge in [0.15, 0.2) is 0 Å². The van der Waals surface area contributed by atoms with E-state index in [1.807, 2.05) is 19.2 Å². The number of hydrogen-bond donors (Lipinski definition) is 2. The number of aliphatic imine (C=N–C) groups is 1. The minimum Gasteiger partial charge on any atom is -0.386 e. The van der Waals surface area contributed by atoms with E-state index in [0.717, 1.165) is 23.6 Å². The van der Waals surface area contributed by atoms with Crippen LogP contribution in [-0.2, 0) is 0 Å². The Morgan fingerprint density at radius 1 is 1.19 bits per heavy atom. The lowest BCUT2D eigenvalue weighted by atomic mass is 9.89. The van der Waals surface area contributed by atoms with Crippen LogP contribution in [0.3, 0.4) is 0 Å². The van der Waals surface area contributed by atoms with E-state index >= 15 is 0 Å². The maximum atomic E-state index is 13.0. The molecule has 0 saturated heterocycles. The molecule has 1 aromatic carbocycles. The van der Waals surface area contributed by atoms with Crippen molar-refractivity contribution < 1.29 is 4.79 Å². The van der Waals surface area contributed by atoms with Crippen molar-refractivity contribution in [1.82, 2.24) is 5.32 Å². The quantitative estimate of drug-likeness (QED) is 0.714. The summed E-state index contributed by atoms with van der Waals surface area (Å²) in [4.78, 5) is 19.3. The first kappa shape index (κ1) is 18.7. The first-order chi connectivity index (χ1) is 12.6. The predicted molar refractivity (Wildman–Crippen MR) is 110 cm³/mol. The van der Waals surface area contributed by atoms with Gasteiger partial charge in [0.25, 0.3) is 5.91 Å². The number of hydrogen-bond acceptors (Lipinski definition) is 4. The number of carbonyl (C=O) groups excluding carboxylic acids is 1. The lowest BCUT2D eigenvalue weighted by molar-refractivity contribution is 0.0944. The van der Waals surface area contributed by atoms with E-state index in [0.29, 0.717) is 17.5 Å². The molecule has 3 rings (SSSR count). The van der Waals surface area contributed by atoms with Crippen LogP contribution in [0.1, 0.15) is 61.7 Å². The molecule has 2 aliphatic carbocycles. The molecule has 1 amide bonds. The molecule has 5 heteroatoms. The van der Waals surface area contributed by atoms with Crippen LogP contribution in [-0.4, -0.2) is 39.3 Å². The summed E-state index contributed by atoms with van der Waals surface area (Å²) in [6.07, 6.45) is 10.0. The van der Waals surface area contributed by atoms with Gasteiger partial charge < -0.3 is 15.5 Å². The normalized spacial score (nSPS) is 18.1. The van der Waals surface area contributed by atoms with Gasteiger partial charge in [-0.3, -0.25) is 9.79 Å². The molecule has 0 aliphatic heterocycles. The molecule has 0 bridgehead atoms. The van der Waals surface area contributed by atoms with Crippen molar-refractivity contribution in [2.45, 2.75) is 57.4 Å². The first-order valence-corrected chi connectivity index (χ1v) is 9.97. The van der Waals surface area contributed by atoms with Crippen LogP contribution in [0.25, 0.3) is 0 Å². The van der Waals surface area contributed by atoms with E-state index in [1.54, 1.807) is 0 Å². The fourth-order valence-electron chi connectivity index (χ4n) is 4.08. The van der Waals surface area contributed by atoms with Gasteiger partial charge in [-0.15, -0.1) is 0 Å². The van der Waals surface area contributed by atoms with E-state index in [9.17, 15) is 4.79 Å². The van der Waals surface area contributed by atoms with E-state index in [1.165, 1.54) is 51.4 Å². The molecule has 26 heavy (non-hydrogen) atoms. The summed E-state index contributed by atoms with van der Waals surface area (Å²) in [5.74, 6) is 0.624. The van der Waals surface area contributed by atoms with Crippen molar-refractivity contribution in [1.29, 1.82) is 0 Å². The Hall–Kier alpha value is -2.04. The van der Waals surface area contributed by atoms with Crippen molar-refractivity contribution in [2.75, 3.05) is 30.9 Å². The summed E-state index contributed by atoms with van der Waals surface area (Å²) < 4.78 is 0. The smallest absolute Gasteiger partial charge is 0.253 e. The molecule has 142 valence electrons. The molecule has 0 unspecified atom stereocenters. The maximum absolute atomic E-state index is 13.0. The van der Waals surface area contributed by atoms with Gasteiger partial charge in [-0.1, -0.05) is 19.3 Å². The van der Waals surface area contributed by atoms with E-state index in [-0.39, 0.29) is 5.91 Å². The van der Waals surface area contributed by atoms with E-state index in [4.69, 9.17) is 0 Å². The zero-order chi connectivity index (χ0) is 18.5. The highest BCUT2D eigenvalue weighted by Gasteiger charge is 2.27. The van der Waals surface area contributed by atoms with Crippen LogP contribution in [0.4, 0.5) is 17.1 Å². The van der Waals surface area contributed by atoms with Gasteiger partial charge in [-0.05, 0) is 56.9 Å². The average Bonchev–Trinajstić information content (AvgIpc) is 2.64. The van der Waals surface area contributed by atoms with Gasteiger partial charge in [-0.2, -0.15) is 0 Å². The molecule has 2 fully saturated rings. The van der Waals surface area contributed by atoms with Crippen LogP contribution in [0, 0.1) is 5.92 Å². The van der Waals surface area contributed by atoms with Gasteiger partial charge in [0.2, 0.25) is 0 Å². The molecule has 2 saturated carbocycles. The van der Waals surface area contributed by atoms with Crippen LogP contribution in [0.15, 0.2) is 17.1 Å². The number of anilines is 2. The Morgan fingerprint density at radius 2 is 1.92 bits per heavy atom. The Labute approximate surface area is 157 Å². The van der Waals surface area contributed by atoms with Gasteiger partial charge in [0, 0.05) is 26.7 Å². The third-order valence-electron chi connectivity index (χ3n) is 6.08. The summed E-state index contributed by atoms with van der Waals surface area (Å²) in [5, 5.41) is 6.35. The van der Waals surface area contributed by atoms with Crippen molar-refractivity contribution in [3.63, 3.8) is 0 Å². The van der Waals surface area contributed by atoms with Crippen molar-refractivity contribution in [3.8, 4) is 0 Å². The average molecular weight is 357 g/mol. The second-order valence-electron chi connectivity index (χ2n) is 7.70. The largest absolute Gasteiger partial charge is 0.386 e. The second-order valence-corrected chi connectivity index (χ2v) is 7.70. The maximum Gasteiger partial charge on any atom is 0.253 e. The minimum absolute atomic E-state index is 0.00398. The molecular weight excluding hydrogens is 324 g/mol. The highest BCUT2D eigenvalue weighted by Crippen LogP contribution is 2.36. The molecule has 0 radical (unpaired) electrons. The lowest BCUT2D eigenvalue weighted by Crippen LogP contribution is -2.39. The van der Waals surface area contributed by atoms with Crippen LogP contribution < -0.4 is 15.5 Å². The standard InChI is InChI=1S/C21H32N4O/c1-22-18-12-17(21(26)24-14-15-8-5-4-6-9-15)20(13-19(18)23-2)25(3)16-10-7-11-16/h12-13,15-16,23H,1,4-11,14H2,2-3H3,(H,24,26). The molecule has 2 aliphatic rings. The SMILES string of the molecule is C=Nc1cc(C(=O)NCC2CCCCC2)c(N(C)C2CCC2)cc1NC. The third-order valence-corrected chi connectivity index (χ3v) is 6.08. The fourth-order valence-corrected chi connectivity index (χ4v) is 4.08. The van der Waals surface area contributed by atoms with Crippen molar-refractivity contribution in [3.05, 3.63) is 17.7 Å². The number of rotatable bonds is 7.